The Morgan fingerprint density at radius 3 is 2.43 bits per heavy atom. The van der Waals surface area contributed by atoms with E-state index in [1.54, 1.807) is 7.11 Å². The third-order valence-corrected chi connectivity index (χ3v) is 4.99. The molecule has 0 atom stereocenters. The maximum atomic E-state index is 12.3. The van der Waals surface area contributed by atoms with Crippen LogP contribution < -0.4 is 15.4 Å². The SMILES string of the molecule is COc1ccccc1CNC(=O)CN1CCC(NC(=O)c2ccccc2)CC1. The summed E-state index contributed by atoms with van der Waals surface area (Å²) in [4.78, 5) is 26.6. The summed E-state index contributed by atoms with van der Waals surface area (Å²) in [6, 6.07) is 17.1. The van der Waals surface area contributed by atoms with Crippen LogP contribution in [0, 0.1) is 0 Å². The van der Waals surface area contributed by atoms with Gasteiger partial charge in [0.25, 0.3) is 5.91 Å². The smallest absolute Gasteiger partial charge is 0.251 e. The zero-order valence-corrected chi connectivity index (χ0v) is 16.2. The van der Waals surface area contributed by atoms with Crippen molar-refractivity contribution in [3.05, 3.63) is 65.7 Å². The molecule has 2 amide bonds. The van der Waals surface area contributed by atoms with E-state index in [0.717, 1.165) is 37.2 Å². The highest BCUT2D eigenvalue weighted by molar-refractivity contribution is 5.94. The molecule has 2 N–H and O–H groups in total. The molecule has 0 radical (unpaired) electrons. The van der Waals surface area contributed by atoms with Crippen LogP contribution in [0.5, 0.6) is 5.75 Å². The molecule has 6 nitrogen and oxygen atoms in total. The fraction of sp³-hybridized carbons (Fsp3) is 0.364. The molecule has 0 saturated carbocycles. The van der Waals surface area contributed by atoms with E-state index in [4.69, 9.17) is 4.74 Å². The predicted molar refractivity (Wildman–Crippen MR) is 108 cm³/mol. The summed E-state index contributed by atoms with van der Waals surface area (Å²) in [5.41, 5.74) is 1.64. The van der Waals surface area contributed by atoms with Gasteiger partial charge in [-0.05, 0) is 31.0 Å². The lowest BCUT2D eigenvalue weighted by Crippen LogP contribution is -2.47. The summed E-state index contributed by atoms with van der Waals surface area (Å²) < 4.78 is 5.31. The number of hydrogen-bond donors (Lipinski definition) is 2. The van der Waals surface area contributed by atoms with Gasteiger partial charge in [0.05, 0.1) is 13.7 Å². The first-order valence-electron chi connectivity index (χ1n) is 9.62. The van der Waals surface area contributed by atoms with Gasteiger partial charge in [0.2, 0.25) is 5.91 Å². The van der Waals surface area contributed by atoms with Gasteiger partial charge in [0.15, 0.2) is 0 Å². The first-order chi connectivity index (χ1) is 13.7. The molecule has 6 heteroatoms. The largest absolute Gasteiger partial charge is 0.496 e. The molecule has 148 valence electrons. The van der Waals surface area contributed by atoms with Crippen LogP contribution in [0.1, 0.15) is 28.8 Å². The number of piperidine rings is 1. The number of nitrogens with zero attached hydrogens (tertiary/aromatic N) is 1. The Morgan fingerprint density at radius 1 is 1.04 bits per heavy atom. The van der Waals surface area contributed by atoms with E-state index in [0.29, 0.717) is 18.7 Å². The van der Waals surface area contributed by atoms with Crippen LogP contribution in [0.25, 0.3) is 0 Å². The minimum Gasteiger partial charge on any atom is -0.496 e. The molecule has 3 rings (SSSR count). The molecule has 2 aromatic carbocycles. The molecule has 1 aliphatic rings. The molecule has 2 aromatic rings. The van der Waals surface area contributed by atoms with Crippen molar-refractivity contribution < 1.29 is 14.3 Å². The second-order valence-electron chi connectivity index (χ2n) is 6.98. The lowest BCUT2D eigenvalue weighted by molar-refractivity contribution is -0.122. The highest BCUT2D eigenvalue weighted by Crippen LogP contribution is 2.16. The van der Waals surface area contributed by atoms with Crippen LogP contribution in [0.3, 0.4) is 0 Å². The summed E-state index contributed by atoms with van der Waals surface area (Å²) in [5, 5.41) is 6.04. The third kappa shape index (κ3) is 5.57. The fourth-order valence-corrected chi connectivity index (χ4v) is 3.40. The van der Waals surface area contributed by atoms with E-state index in [1.165, 1.54) is 0 Å². The maximum absolute atomic E-state index is 12.3. The molecular formula is C22H27N3O3. The van der Waals surface area contributed by atoms with E-state index >= 15 is 0 Å². The summed E-state index contributed by atoms with van der Waals surface area (Å²) >= 11 is 0. The van der Waals surface area contributed by atoms with E-state index in [9.17, 15) is 9.59 Å². The van der Waals surface area contributed by atoms with Gasteiger partial charge in [0, 0.05) is 36.8 Å². The van der Waals surface area contributed by atoms with Gasteiger partial charge in [0.1, 0.15) is 5.75 Å². The van der Waals surface area contributed by atoms with Gasteiger partial charge in [-0.2, -0.15) is 0 Å². The molecule has 1 fully saturated rings. The fourth-order valence-electron chi connectivity index (χ4n) is 3.40. The number of carbonyl (C=O) groups is 2. The first-order valence-corrected chi connectivity index (χ1v) is 9.62. The van der Waals surface area contributed by atoms with Crippen molar-refractivity contribution in [1.29, 1.82) is 0 Å². The van der Waals surface area contributed by atoms with Crippen molar-refractivity contribution >= 4 is 11.8 Å². The Bertz CT molecular complexity index is 787. The van der Waals surface area contributed by atoms with Gasteiger partial charge in [-0.3, -0.25) is 14.5 Å². The van der Waals surface area contributed by atoms with Gasteiger partial charge >= 0.3 is 0 Å². The number of methoxy groups -OCH3 is 1. The molecule has 1 aliphatic heterocycles. The lowest BCUT2D eigenvalue weighted by Gasteiger charge is -2.31. The number of ether oxygens (including phenoxy) is 1. The summed E-state index contributed by atoms with van der Waals surface area (Å²) in [5.74, 6) is 0.740. The normalized spacial score (nSPS) is 15.0. The molecule has 0 aromatic heterocycles. The molecule has 1 heterocycles. The van der Waals surface area contributed by atoms with Crippen molar-refractivity contribution in [2.75, 3.05) is 26.7 Å². The van der Waals surface area contributed by atoms with E-state index in [2.05, 4.69) is 15.5 Å². The number of amides is 2. The highest BCUT2D eigenvalue weighted by atomic mass is 16.5. The topological polar surface area (TPSA) is 70.7 Å². The average Bonchev–Trinajstić information content (AvgIpc) is 2.74. The number of benzene rings is 2. The van der Waals surface area contributed by atoms with Crippen molar-refractivity contribution in [2.45, 2.75) is 25.4 Å². The summed E-state index contributed by atoms with van der Waals surface area (Å²) in [7, 11) is 1.63. The molecule has 0 aliphatic carbocycles. The predicted octanol–water partition coefficient (Wildman–Crippen LogP) is 2.21. The minimum atomic E-state index is -0.0337. The second-order valence-corrected chi connectivity index (χ2v) is 6.98. The number of likely N-dealkylation sites (tertiary alicyclic amines) is 1. The molecular weight excluding hydrogens is 354 g/mol. The van der Waals surface area contributed by atoms with Gasteiger partial charge in [-0.15, -0.1) is 0 Å². The van der Waals surface area contributed by atoms with Crippen molar-refractivity contribution in [3.63, 3.8) is 0 Å². The van der Waals surface area contributed by atoms with Crippen molar-refractivity contribution in [2.24, 2.45) is 0 Å². The number of rotatable bonds is 7. The molecule has 28 heavy (non-hydrogen) atoms. The zero-order chi connectivity index (χ0) is 19.8. The van der Waals surface area contributed by atoms with Crippen LogP contribution in [-0.4, -0.2) is 49.5 Å². The van der Waals surface area contributed by atoms with E-state index < -0.39 is 0 Å². The average molecular weight is 381 g/mol. The number of carbonyl (C=O) groups excluding carboxylic acids is 2. The van der Waals surface area contributed by atoms with Gasteiger partial charge in [-0.25, -0.2) is 0 Å². The Morgan fingerprint density at radius 2 is 1.71 bits per heavy atom. The summed E-state index contributed by atoms with van der Waals surface area (Å²) in [6.07, 6.45) is 1.69. The van der Waals surface area contributed by atoms with Gasteiger partial charge < -0.3 is 15.4 Å². The first kappa shape index (κ1) is 19.9. The Labute approximate surface area is 165 Å². The Balaban J connectivity index is 1.39. The van der Waals surface area contributed by atoms with Crippen molar-refractivity contribution in [3.8, 4) is 5.75 Å². The molecule has 0 spiro atoms. The maximum Gasteiger partial charge on any atom is 0.251 e. The molecule has 1 saturated heterocycles. The van der Waals surface area contributed by atoms with Crippen LogP contribution in [0.4, 0.5) is 0 Å². The number of hydrogen-bond acceptors (Lipinski definition) is 4. The minimum absolute atomic E-state index is 0.00215. The standard InChI is InChI=1S/C22H27N3O3/c1-28-20-10-6-5-9-18(20)15-23-21(26)16-25-13-11-19(12-14-25)24-22(27)17-7-3-2-4-8-17/h2-10,19H,11-16H2,1H3,(H,23,26)(H,24,27). The number of nitrogens with one attached hydrogen (secondary N) is 2. The Kier molecular flexibility index (Phi) is 7.03. The van der Waals surface area contributed by atoms with Crippen LogP contribution in [0.2, 0.25) is 0 Å². The zero-order valence-electron chi connectivity index (χ0n) is 16.2. The van der Waals surface area contributed by atoms with E-state index in [1.807, 2.05) is 54.6 Å². The summed E-state index contributed by atoms with van der Waals surface area (Å²) in [6.45, 7) is 2.41. The molecule has 0 bridgehead atoms. The quantitative estimate of drug-likeness (QED) is 0.771. The third-order valence-electron chi connectivity index (χ3n) is 4.99. The van der Waals surface area contributed by atoms with Crippen LogP contribution >= 0.6 is 0 Å². The van der Waals surface area contributed by atoms with E-state index in [-0.39, 0.29) is 17.9 Å². The Hall–Kier alpha value is -2.86. The highest BCUT2D eigenvalue weighted by Gasteiger charge is 2.22. The monoisotopic (exact) mass is 381 g/mol. The van der Waals surface area contributed by atoms with Crippen LogP contribution in [0.15, 0.2) is 54.6 Å². The lowest BCUT2D eigenvalue weighted by atomic mass is 10.0. The van der Waals surface area contributed by atoms with Crippen LogP contribution in [-0.2, 0) is 11.3 Å². The molecule has 0 unspecified atom stereocenters. The van der Waals surface area contributed by atoms with Crippen molar-refractivity contribution in [1.82, 2.24) is 15.5 Å². The number of para-hydroxylation sites is 1. The second kappa shape index (κ2) is 9.90. The van der Waals surface area contributed by atoms with Gasteiger partial charge in [-0.1, -0.05) is 36.4 Å².